The number of hydrogen-bond donors (Lipinski definition) is 1. The van der Waals surface area contributed by atoms with Crippen LogP contribution in [0.4, 0.5) is 0 Å². The first-order chi connectivity index (χ1) is 14.8. The molecule has 2 aromatic heterocycles. The molecule has 31 heavy (non-hydrogen) atoms. The predicted molar refractivity (Wildman–Crippen MR) is 119 cm³/mol. The number of aryl methyl sites for hydroxylation is 3. The lowest BCUT2D eigenvalue weighted by molar-refractivity contribution is -0.121. The second-order valence-electron chi connectivity index (χ2n) is 7.53. The van der Waals surface area contributed by atoms with Crippen molar-refractivity contribution in [2.75, 3.05) is 21.3 Å². The summed E-state index contributed by atoms with van der Waals surface area (Å²) in [7, 11) is 6.66. The molecule has 0 aliphatic carbocycles. The van der Waals surface area contributed by atoms with E-state index in [1.54, 1.807) is 26.0 Å². The smallest absolute Gasteiger partial charge is 0.242 e. The van der Waals surface area contributed by atoms with E-state index in [2.05, 4.69) is 10.4 Å². The summed E-state index contributed by atoms with van der Waals surface area (Å²) in [6.45, 7) is 5.93. The number of pyridine rings is 1. The zero-order valence-electron chi connectivity index (χ0n) is 19.2. The van der Waals surface area contributed by atoms with E-state index in [9.17, 15) is 4.79 Å². The molecule has 0 saturated carbocycles. The van der Waals surface area contributed by atoms with Gasteiger partial charge in [0.05, 0.1) is 32.8 Å². The topological polar surface area (TPSA) is 87.5 Å². The van der Waals surface area contributed by atoms with Crippen molar-refractivity contribution >= 4 is 16.9 Å². The van der Waals surface area contributed by atoms with Gasteiger partial charge in [-0.2, -0.15) is 0 Å². The molecular formula is C23H30N4O4. The highest BCUT2D eigenvalue weighted by Crippen LogP contribution is 2.31. The number of carbonyl (C=O) groups excluding carboxylic acids is 1. The number of benzene rings is 1. The fourth-order valence-electron chi connectivity index (χ4n) is 3.91. The molecule has 1 atom stereocenters. The Balaban J connectivity index is 1.75. The minimum absolute atomic E-state index is 0.0394. The summed E-state index contributed by atoms with van der Waals surface area (Å²) in [6, 6.07) is 5.38. The van der Waals surface area contributed by atoms with Crippen LogP contribution in [-0.2, 0) is 18.3 Å². The van der Waals surface area contributed by atoms with E-state index in [-0.39, 0.29) is 11.9 Å². The highest BCUT2D eigenvalue weighted by molar-refractivity contribution is 5.86. The monoisotopic (exact) mass is 426 g/mol. The zero-order valence-corrected chi connectivity index (χ0v) is 19.2. The van der Waals surface area contributed by atoms with E-state index in [1.165, 1.54) is 0 Å². The number of amides is 1. The molecule has 3 aromatic rings. The largest absolute Gasteiger partial charge is 0.497 e. The number of fused-ring (bicyclic) bond motifs is 1. The van der Waals surface area contributed by atoms with Crippen LogP contribution in [0.1, 0.15) is 41.8 Å². The average Bonchev–Trinajstić information content (AvgIpc) is 3.08. The van der Waals surface area contributed by atoms with Crippen molar-refractivity contribution in [2.24, 2.45) is 7.05 Å². The Morgan fingerprint density at radius 3 is 2.55 bits per heavy atom. The van der Waals surface area contributed by atoms with Crippen LogP contribution >= 0.6 is 0 Å². The van der Waals surface area contributed by atoms with Gasteiger partial charge in [0, 0.05) is 30.8 Å². The number of nitrogens with zero attached hydrogens (tertiary/aromatic N) is 3. The van der Waals surface area contributed by atoms with Crippen molar-refractivity contribution in [3.8, 4) is 17.4 Å². The number of hydrogen-bond acceptors (Lipinski definition) is 6. The minimum atomic E-state index is -0.199. The van der Waals surface area contributed by atoms with Gasteiger partial charge >= 0.3 is 0 Å². The molecule has 2 heterocycles. The summed E-state index contributed by atoms with van der Waals surface area (Å²) in [6.07, 6.45) is 0.928. The number of ether oxygens (including phenoxy) is 3. The van der Waals surface area contributed by atoms with Crippen molar-refractivity contribution in [1.29, 1.82) is 0 Å². The van der Waals surface area contributed by atoms with Crippen LogP contribution < -0.4 is 19.5 Å². The molecule has 0 aliphatic rings. The lowest BCUT2D eigenvalue weighted by Gasteiger charge is -2.18. The van der Waals surface area contributed by atoms with Gasteiger partial charge in [-0.25, -0.2) is 9.67 Å². The van der Waals surface area contributed by atoms with Crippen LogP contribution in [0, 0.1) is 13.8 Å². The molecule has 1 N–H and O–H groups in total. The predicted octanol–water partition coefficient (Wildman–Crippen LogP) is 3.42. The van der Waals surface area contributed by atoms with Crippen LogP contribution in [0.2, 0.25) is 0 Å². The van der Waals surface area contributed by atoms with E-state index in [4.69, 9.17) is 19.2 Å². The van der Waals surface area contributed by atoms with Gasteiger partial charge < -0.3 is 19.5 Å². The first kappa shape index (κ1) is 22.4. The highest BCUT2D eigenvalue weighted by atomic mass is 16.5. The van der Waals surface area contributed by atoms with Gasteiger partial charge in [-0.3, -0.25) is 4.79 Å². The van der Waals surface area contributed by atoms with E-state index in [0.717, 1.165) is 33.4 Å². The molecule has 3 rings (SSSR count). The Bertz CT molecular complexity index is 1110. The molecule has 8 heteroatoms. The summed E-state index contributed by atoms with van der Waals surface area (Å²) < 4.78 is 17.8. The maximum Gasteiger partial charge on any atom is 0.242 e. The summed E-state index contributed by atoms with van der Waals surface area (Å²) >= 11 is 0. The van der Waals surface area contributed by atoms with Gasteiger partial charge in [0.2, 0.25) is 11.8 Å². The Morgan fingerprint density at radius 1 is 1.16 bits per heavy atom. The van der Waals surface area contributed by atoms with Crippen molar-refractivity contribution in [3.05, 3.63) is 40.6 Å². The first-order valence-corrected chi connectivity index (χ1v) is 10.2. The molecule has 0 saturated heterocycles. The van der Waals surface area contributed by atoms with Crippen molar-refractivity contribution in [1.82, 2.24) is 20.1 Å². The molecule has 1 aromatic carbocycles. The van der Waals surface area contributed by atoms with Crippen molar-refractivity contribution in [2.45, 2.75) is 39.7 Å². The summed E-state index contributed by atoms with van der Waals surface area (Å²) in [5.74, 6) is 1.90. The highest BCUT2D eigenvalue weighted by Gasteiger charge is 2.19. The van der Waals surface area contributed by atoms with Gasteiger partial charge in [-0.1, -0.05) is 0 Å². The number of nitrogens with one attached hydrogen (secondary N) is 1. The number of carbonyl (C=O) groups is 1. The van der Waals surface area contributed by atoms with Crippen LogP contribution in [0.15, 0.2) is 18.2 Å². The molecule has 0 aliphatic heterocycles. The molecule has 0 spiro atoms. The SMILES string of the molecule is COc1ccc(C(C)NC(=O)CCc2c(C)nc3c(c(OC)nn3C)c2C)c(OC)c1. The zero-order chi connectivity index (χ0) is 22.7. The molecule has 1 amide bonds. The summed E-state index contributed by atoms with van der Waals surface area (Å²) in [5.41, 5.74) is 4.66. The van der Waals surface area contributed by atoms with Crippen LogP contribution in [0.5, 0.6) is 17.4 Å². The Kier molecular flexibility index (Phi) is 6.68. The molecule has 0 bridgehead atoms. The summed E-state index contributed by atoms with van der Waals surface area (Å²) in [4.78, 5) is 17.4. The minimum Gasteiger partial charge on any atom is -0.497 e. The van der Waals surface area contributed by atoms with Gasteiger partial charge in [0.15, 0.2) is 5.65 Å². The van der Waals surface area contributed by atoms with E-state index < -0.39 is 0 Å². The van der Waals surface area contributed by atoms with Crippen LogP contribution in [0.25, 0.3) is 11.0 Å². The number of aromatic nitrogens is 3. The van der Waals surface area contributed by atoms with Crippen molar-refractivity contribution < 1.29 is 19.0 Å². The van der Waals surface area contributed by atoms with Crippen LogP contribution in [-0.4, -0.2) is 42.0 Å². The molecule has 0 radical (unpaired) electrons. The summed E-state index contributed by atoms with van der Waals surface area (Å²) in [5, 5.41) is 8.33. The van der Waals surface area contributed by atoms with Gasteiger partial charge in [-0.15, -0.1) is 5.10 Å². The van der Waals surface area contributed by atoms with Gasteiger partial charge in [-0.05, 0) is 50.5 Å². The maximum absolute atomic E-state index is 12.7. The van der Waals surface area contributed by atoms with Crippen LogP contribution in [0.3, 0.4) is 0 Å². The van der Waals surface area contributed by atoms with Gasteiger partial charge in [0.25, 0.3) is 0 Å². The number of methoxy groups -OCH3 is 3. The third-order valence-corrected chi connectivity index (χ3v) is 5.60. The third kappa shape index (κ3) is 4.42. The molecular weight excluding hydrogens is 396 g/mol. The second kappa shape index (κ2) is 9.24. The third-order valence-electron chi connectivity index (χ3n) is 5.60. The molecule has 166 valence electrons. The number of rotatable bonds is 8. The molecule has 1 unspecified atom stereocenters. The van der Waals surface area contributed by atoms with E-state index in [0.29, 0.717) is 30.2 Å². The van der Waals surface area contributed by atoms with Crippen molar-refractivity contribution in [3.63, 3.8) is 0 Å². The standard InChI is InChI=1S/C23H30N4O4/c1-13-17(14(2)25-22-21(13)23(31-7)26-27(22)4)10-11-20(28)24-15(3)18-9-8-16(29-5)12-19(18)30-6/h8-9,12,15H,10-11H2,1-7H3,(H,24,28). The Hall–Kier alpha value is -3.29. The van der Waals surface area contributed by atoms with Gasteiger partial charge in [0.1, 0.15) is 11.5 Å². The fourth-order valence-corrected chi connectivity index (χ4v) is 3.91. The molecule has 8 nitrogen and oxygen atoms in total. The normalized spacial score (nSPS) is 12.0. The Labute approximate surface area is 182 Å². The first-order valence-electron chi connectivity index (χ1n) is 10.2. The molecule has 0 fully saturated rings. The fraction of sp³-hybridized carbons (Fsp3) is 0.435. The average molecular weight is 427 g/mol. The maximum atomic E-state index is 12.7. The Morgan fingerprint density at radius 2 is 1.90 bits per heavy atom. The quantitative estimate of drug-likeness (QED) is 0.594. The van der Waals surface area contributed by atoms with E-state index in [1.807, 2.05) is 46.0 Å². The lowest BCUT2D eigenvalue weighted by atomic mass is 9.99. The lowest BCUT2D eigenvalue weighted by Crippen LogP contribution is -2.27. The second-order valence-corrected chi connectivity index (χ2v) is 7.53. The van der Waals surface area contributed by atoms with E-state index >= 15 is 0 Å².